The van der Waals surface area contributed by atoms with Gasteiger partial charge in [-0.1, -0.05) is 30.3 Å². The SMILES string of the molecule is [2H]c1cccc(C([2H])([2H])CNC(=N)NC(C)=N)c1. The summed E-state index contributed by atoms with van der Waals surface area (Å²) >= 11 is 0. The summed E-state index contributed by atoms with van der Waals surface area (Å²) in [5, 5.41) is 19.6. The Hall–Kier alpha value is -1.84. The van der Waals surface area contributed by atoms with Crippen LogP contribution in [0.15, 0.2) is 30.3 Å². The summed E-state index contributed by atoms with van der Waals surface area (Å²) in [6.07, 6.45) is -1.68. The van der Waals surface area contributed by atoms with Crippen LogP contribution in [0, 0.1) is 10.8 Å². The van der Waals surface area contributed by atoms with Crippen molar-refractivity contribution < 1.29 is 4.11 Å². The molecule has 0 saturated heterocycles. The number of benzene rings is 1. The summed E-state index contributed by atoms with van der Waals surface area (Å²) in [7, 11) is 0. The molecule has 0 amide bonds. The molecule has 0 aliphatic carbocycles. The molecule has 0 atom stereocenters. The second-order valence-corrected chi connectivity index (χ2v) is 2.95. The van der Waals surface area contributed by atoms with Crippen molar-refractivity contribution in [3.63, 3.8) is 0 Å². The van der Waals surface area contributed by atoms with Crippen molar-refractivity contribution in [2.45, 2.75) is 13.3 Å². The molecule has 1 aromatic rings. The van der Waals surface area contributed by atoms with E-state index in [0.717, 1.165) is 0 Å². The third-order valence-electron chi connectivity index (χ3n) is 1.58. The van der Waals surface area contributed by atoms with E-state index in [9.17, 15) is 0 Å². The molecule has 0 aliphatic rings. The smallest absolute Gasteiger partial charge is 0.193 e. The van der Waals surface area contributed by atoms with Gasteiger partial charge in [-0.05, 0) is 18.9 Å². The van der Waals surface area contributed by atoms with Gasteiger partial charge in [-0.15, -0.1) is 0 Å². The van der Waals surface area contributed by atoms with E-state index < -0.39 is 6.37 Å². The van der Waals surface area contributed by atoms with Crippen LogP contribution in [0.5, 0.6) is 0 Å². The predicted molar refractivity (Wildman–Crippen MR) is 62.4 cm³/mol. The summed E-state index contributed by atoms with van der Waals surface area (Å²) in [4.78, 5) is 0. The van der Waals surface area contributed by atoms with Crippen LogP contribution in [-0.4, -0.2) is 18.3 Å². The Balaban J connectivity index is 2.65. The highest BCUT2D eigenvalue weighted by atomic mass is 15.1. The maximum atomic E-state index is 7.88. The fourth-order valence-electron chi connectivity index (χ4n) is 0.970. The lowest BCUT2D eigenvalue weighted by atomic mass is 10.1. The zero-order chi connectivity index (χ0) is 13.8. The minimum Gasteiger partial charge on any atom is -0.356 e. The second-order valence-electron chi connectivity index (χ2n) is 2.95. The lowest BCUT2D eigenvalue weighted by molar-refractivity contribution is 0.842. The van der Waals surface area contributed by atoms with E-state index in [4.69, 9.17) is 14.9 Å². The molecule has 0 spiro atoms. The van der Waals surface area contributed by atoms with Gasteiger partial charge in [0.25, 0.3) is 0 Å². The van der Waals surface area contributed by atoms with E-state index in [1.165, 1.54) is 13.0 Å². The minimum atomic E-state index is -1.68. The third kappa shape index (κ3) is 4.81. The van der Waals surface area contributed by atoms with E-state index >= 15 is 0 Å². The Morgan fingerprint density at radius 2 is 2.27 bits per heavy atom. The van der Waals surface area contributed by atoms with E-state index in [0.29, 0.717) is 5.56 Å². The zero-order valence-electron chi connectivity index (χ0n) is 11.5. The Morgan fingerprint density at radius 3 is 2.93 bits per heavy atom. The molecule has 4 N–H and O–H groups in total. The van der Waals surface area contributed by atoms with Crippen LogP contribution < -0.4 is 10.6 Å². The highest BCUT2D eigenvalue weighted by Crippen LogP contribution is 1.97. The first-order chi connectivity index (χ1) is 8.31. The number of guanidine groups is 1. The zero-order valence-corrected chi connectivity index (χ0v) is 8.52. The standard InChI is InChI=1S/C11H16N4/c1-9(12)15-11(13)14-8-7-10-5-3-2-4-6-10/h2-6H,7-8H2,1H3,(H4,12,13,14,15)/i3D,7D2. The first-order valence-corrected chi connectivity index (χ1v) is 4.53. The van der Waals surface area contributed by atoms with Gasteiger partial charge in [-0.25, -0.2) is 0 Å². The monoisotopic (exact) mass is 207 g/mol. The van der Waals surface area contributed by atoms with Crippen molar-refractivity contribution in [1.29, 1.82) is 10.8 Å². The molecule has 1 aromatic carbocycles. The van der Waals surface area contributed by atoms with Gasteiger partial charge >= 0.3 is 0 Å². The molecule has 0 aromatic heterocycles. The first kappa shape index (κ1) is 7.45. The maximum absolute atomic E-state index is 7.88. The van der Waals surface area contributed by atoms with E-state index in [1.807, 2.05) is 0 Å². The molecule has 0 heterocycles. The highest BCUT2D eigenvalue weighted by molar-refractivity contribution is 5.95. The second kappa shape index (κ2) is 5.80. The molecule has 4 heteroatoms. The van der Waals surface area contributed by atoms with Crippen LogP contribution in [0.3, 0.4) is 0 Å². The van der Waals surface area contributed by atoms with Crippen LogP contribution in [0.4, 0.5) is 0 Å². The largest absolute Gasteiger partial charge is 0.356 e. The molecule has 0 unspecified atom stereocenters. The van der Waals surface area contributed by atoms with Gasteiger partial charge in [0.2, 0.25) is 0 Å². The normalized spacial score (nSPS) is 13.3. The number of nitrogens with one attached hydrogen (secondary N) is 4. The summed E-state index contributed by atoms with van der Waals surface area (Å²) in [6, 6.07) is 6.52. The highest BCUT2D eigenvalue weighted by Gasteiger charge is 1.95. The fraction of sp³-hybridized carbons (Fsp3) is 0.273. The molecule has 80 valence electrons. The van der Waals surface area contributed by atoms with Crippen LogP contribution >= 0.6 is 0 Å². The Labute approximate surface area is 93.9 Å². The van der Waals surface area contributed by atoms with Gasteiger partial charge in [-0.2, -0.15) is 0 Å². The summed E-state index contributed by atoms with van der Waals surface area (Å²) in [5.41, 5.74) is 0.391. The van der Waals surface area contributed by atoms with Gasteiger partial charge in [0.1, 0.15) is 0 Å². The molecule has 0 saturated carbocycles. The van der Waals surface area contributed by atoms with Gasteiger partial charge < -0.3 is 10.6 Å². The van der Waals surface area contributed by atoms with Crippen molar-refractivity contribution in [2.24, 2.45) is 0 Å². The maximum Gasteiger partial charge on any atom is 0.193 e. The lowest BCUT2D eigenvalue weighted by Gasteiger charge is -2.08. The van der Waals surface area contributed by atoms with Crippen molar-refractivity contribution in [1.82, 2.24) is 10.6 Å². The van der Waals surface area contributed by atoms with E-state index in [-0.39, 0.29) is 24.4 Å². The number of rotatable bonds is 3. The molecular weight excluding hydrogens is 188 g/mol. The van der Waals surface area contributed by atoms with E-state index in [2.05, 4.69) is 10.6 Å². The Morgan fingerprint density at radius 1 is 1.47 bits per heavy atom. The predicted octanol–water partition coefficient (Wildman–Crippen LogP) is 1.34. The van der Waals surface area contributed by atoms with Crippen molar-refractivity contribution >= 4 is 11.8 Å². The topological polar surface area (TPSA) is 71.8 Å². The molecular formula is C11H16N4. The summed E-state index contributed by atoms with van der Waals surface area (Å²) in [5.74, 6) is -0.00498. The molecule has 0 aliphatic heterocycles. The molecule has 0 bridgehead atoms. The lowest BCUT2D eigenvalue weighted by Crippen LogP contribution is -2.39. The third-order valence-corrected chi connectivity index (χ3v) is 1.58. The van der Waals surface area contributed by atoms with Crippen molar-refractivity contribution in [2.75, 3.05) is 6.54 Å². The van der Waals surface area contributed by atoms with Gasteiger partial charge in [-0.3, -0.25) is 10.8 Å². The first-order valence-electron chi connectivity index (χ1n) is 6.03. The average Bonchev–Trinajstić information content (AvgIpc) is 2.26. The van der Waals surface area contributed by atoms with Crippen LogP contribution in [0.1, 0.15) is 16.6 Å². The quantitative estimate of drug-likeness (QED) is 0.446. The Kier molecular flexibility index (Phi) is 2.88. The summed E-state index contributed by atoms with van der Waals surface area (Å²) in [6.45, 7) is 1.39. The van der Waals surface area contributed by atoms with Gasteiger partial charge in [0, 0.05) is 9.29 Å². The van der Waals surface area contributed by atoms with Gasteiger partial charge in [0.15, 0.2) is 5.96 Å². The van der Waals surface area contributed by atoms with Crippen LogP contribution in [-0.2, 0) is 6.37 Å². The number of hydrogen-bond acceptors (Lipinski definition) is 2. The minimum absolute atomic E-state index is 0.102. The molecule has 0 fully saturated rings. The molecule has 15 heavy (non-hydrogen) atoms. The Bertz CT molecular complexity index is 459. The van der Waals surface area contributed by atoms with Crippen molar-refractivity contribution in [3.05, 3.63) is 35.9 Å². The molecule has 4 nitrogen and oxygen atoms in total. The summed E-state index contributed by atoms with van der Waals surface area (Å²) < 4.78 is 23.2. The number of amidine groups is 1. The fourth-order valence-corrected chi connectivity index (χ4v) is 0.970. The average molecular weight is 207 g/mol. The molecule has 1 rings (SSSR count). The van der Waals surface area contributed by atoms with Crippen LogP contribution in [0.25, 0.3) is 0 Å². The van der Waals surface area contributed by atoms with Crippen molar-refractivity contribution in [3.8, 4) is 0 Å². The van der Waals surface area contributed by atoms with E-state index in [1.54, 1.807) is 18.2 Å². The molecule has 0 radical (unpaired) electrons. The number of hydrogen-bond donors (Lipinski definition) is 4. The van der Waals surface area contributed by atoms with Gasteiger partial charge in [0.05, 0.1) is 7.21 Å². The van der Waals surface area contributed by atoms with Crippen LogP contribution in [0.2, 0.25) is 0 Å².